The highest BCUT2D eigenvalue weighted by Crippen LogP contribution is 2.40. The summed E-state index contributed by atoms with van der Waals surface area (Å²) in [4.78, 5) is 24.8. The van der Waals surface area contributed by atoms with E-state index in [1.54, 1.807) is 6.92 Å². The Balaban J connectivity index is 2.55. The van der Waals surface area contributed by atoms with Crippen LogP contribution in [-0.4, -0.2) is 59.6 Å². The van der Waals surface area contributed by atoms with Crippen LogP contribution < -0.4 is 9.47 Å². The average Bonchev–Trinajstić information content (AvgIpc) is 2.65. The van der Waals surface area contributed by atoms with Crippen molar-refractivity contribution in [1.82, 2.24) is 0 Å². The molecule has 0 unspecified atom stereocenters. The van der Waals surface area contributed by atoms with E-state index < -0.39 is 30.1 Å². The third-order valence-corrected chi connectivity index (χ3v) is 4.59. The number of fused-ring (bicyclic) bond motifs is 1. The molecule has 8 nitrogen and oxygen atoms in total. The number of hydrogen-bond acceptors (Lipinski definition) is 8. The minimum absolute atomic E-state index is 0.0814. The van der Waals surface area contributed by atoms with E-state index in [1.807, 2.05) is 0 Å². The monoisotopic (exact) mass is 394 g/mol. The predicted octanol–water partition coefficient (Wildman–Crippen LogP) is 1.83. The van der Waals surface area contributed by atoms with Crippen molar-refractivity contribution in [2.24, 2.45) is 0 Å². The fourth-order valence-corrected chi connectivity index (χ4v) is 3.08. The summed E-state index contributed by atoms with van der Waals surface area (Å²) in [7, 11) is 2.78. The van der Waals surface area contributed by atoms with Crippen molar-refractivity contribution in [2.45, 2.75) is 50.9 Å². The fourth-order valence-electron chi connectivity index (χ4n) is 3.08. The smallest absolute Gasteiger partial charge is 0.342 e. The van der Waals surface area contributed by atoms with Gasteiger partial charge in [0.25, 0.3) is 0 Å². The number of ether oxygens (including phenoxy) is 3. The summed E-state index contributed by atoms with van der Waals surface area (Å²) in [6, 6.07) is 1.26. The summed E-state index contributed by atoms with van der Waals surface area (Å²) in [5, 5.41) is 30.3. The lowest BCUT2D eigenvalue weighted by Crippen LogP contribution is -2.32. The lowest BCUT2D eigenvalue weighted by atomic mass is 9.99. The van der Waals surface area contributed by atoms with Gasteiger partial charge in [-0.1, -0.05) is 12.2 Å². The summed E-state index contributed by atoms with van der Waals surface area (Å²) in [6.07, 6.45) is 0.644. The van der Waals surface area contributed by atoms with E-state index in [0.717, 1.165) is 0 Å². The Morgan fingerprint density at radius 1 is 1.11 bits per heavy atom. The second kappa shape index (κ2) is 9.57. The summed E-state index contributed by atoms with van der Waals surface area (Å²) in [5.74, 6) is -1.33. The first-order valence-corrected chi connectivity index (χ1v) is 9.05. The molecule has 1 aromatic rings. The largest absolute Gasteiger partial charge is 0.507 e. The zero-order valence-corrected chi connectivity index (χ0v) is 16.2. The number of aromatic hydroxyl groups is 1. The number of esters is 1. The minimum atomic E-state index is -1.38. The molecule has 0 aliphatic carbocycles. The van der Waals surface area contributed by atoms with Crippen LogP contribution in [0.2, 0.25) is 0 Å². The Labute approximate surface area is 163 Å². The molecule has 2 rings (SSSR count). The number of rotatable bonds is 2. The average molecular weight is 394 g/mol. The van der Waals surface area contributed by atoms with Crippen LogP contribution in [0.3, 0.4) is 0 Å². The van der Waals surface area contributed by atoms with Crippen molar-refractivity contribution in [3.8, 4) is 17.2 Å². The molecular weight excluding hydrogens is 368 g/mol. The van der Waals surface area contributed by atoms with Gasteiger partial charge in [0.1, 0.15) is 23.5 Å². The van der Waals surface area contributed by atoms with E-state index in [-0.39, 0.29) is 41.2 Å². The number of hydrogen-bond donors (Lipinski definition) is 3. The van der Waals surface area contributed by atoms with Crippen LogP contribution >= 0.6 is 0 Å². The third-order valence-electron chi connectivity index (χ3n) is 4.59. The molecule has 1 aliphatic heterocycles. The topological polar surface area (TPSA) is 123 Å². The minimum Gasteiger partial charge on any atom is -0.507 e. The molecule has 0 bridgehead atoms. The predicted molar refractivity (Wildman–Crippen MR) is 101 cm³/mol. The number of methoxy groups -OCH3 is 2. The molecule has 0 spiro atoms. The summed E-state index contributed by atoms with van der Waals surface area (Å²) < 4.78 is 15.9. The maximum atomic E-state index is 12.7. The molecule has 1 heterocycles. The highest BCUT2D eigenvalue weighted by molar-refractivity contribution is 5.98. The number of carbonyl (C=O) groups is 2. The van der Waals surface area contributed by atoms with Gasteiger partial charge in [-0.25, -0.2) is 4.79 Å². The van der Waals surface area contributed by atoms with Crippen LogP contribution in [0.5, 0.6) is 17.2 Å². The van der Waals surface area contributed by atoms with Crippen molar-refractivity contribution < 1.29 is 39.1 Å². The molecule has 0 radical (unpaired) electrons. The molecule has 0 saturated heterocycles. The molecule has 0 amide bonds. The lowest BCUT2D eigenvalue weighted by molar-refractivity contribution is -0.135. The van der Waals surface area contributed by atoms with E-state index in [2.05, 4.69) is 0 Å². The van der Waals surface area contributed by atoms with Crippen molar-refractivity contribution in [2.75, 3.05) is 14.2 Å². The van der Waals surface area contributed by atoms with Crippen LogP contribution in [0, 0.1) is 0 Å². The number of ketones is 1. The number of carbonyl (C=O) groups excluding carboxylic acids is 2. The van der Waals surface area contributed by atoms with Gasteiger partial charge in [0.2, 0.25) is 0 Å². The highest BCUT2D eigenvalue weighted by atomic mass is 16.5. The van der Waals surface area contributed by atoms with Gasteiger partial charge in [-0.2, -0.15) is 0 Å². The number of phenolic OH excluding ortho intramolecular Hbond substituents is 1. The van der Waals surface area contributed by atoms with Crippen LogP contribution in [-0.2, 0) is 9.53 Å². The Bertz CT molecular complexity index is 755. The maximum Gasteiger partial charge on any atom is 0.342 e. The SMILES string of the molecule is COc1cc(O)c2c(c1OC)C=CC[C@@H](O)C(=O)[C@@H](O)CCC[C@H](C)OC2=O. The number of cyclic esters (lactones) is 1. The van der Waals surface area contributed by atoms with E-state index in [9.17, 15) is 24.9 Å². The van der Waals surface area contributed by atoms with E-state index in [0.29, 0.717) is 12.8 Å². The van der Waals surface area contributed by atoms with Crippen LogP contribution in [0.25, 0.3) is 6.08 Å². The van der Waals surface area contributed by atoms with Crippen molar-refractivity contribution >= 4 is 17.8 Å². The quantitative estimate of drug-likeness (QED) is 0.650. The number of benzene rings is 1. The van der Waals surface area contributed by atoms with Crippen LogP contribution in [0.15, 0.2) is 12.1 Å². The first kappa shape index (κ1) is 21.7. The summed E-state index contributed by atoms with van der Waals surface area (Å²) >= 11 is 0. The van der Waals surface area contributed by atoms with Gasteiger partial charge < -0.3 is 29.5 Å². The zero-order valence-electron chi connectivity index (χ0n) is 16.2. The Kier molecular flexibility index (Phi) is 7.42. The number of aliphatic hydroxyl groups excluding tert-OH is 2. The van der Waals surface area contributed by atoms with Crippen molar-refractivity contribution in [3.05, 3.63) is 23.3 Å². The summed E-state index contributed by atoms with van der Waals surface area (Å²) in [5.41, 5.74) is 0.104. The first-order valence-electron chi connectivity index (χ1n) is 9.05. The third kappa shape index (κ3) is 4.82. The first-order chi connectivity index (χ1) is 13.3. The van der Waals surface area contributed by atoms with Gasteiger partial charge in [-0.05, 0) is 32.6 Å². The molecule has 154 valence electrons. The lowest BCUT2D eigenvalue weighted by Gasteiger charge is -2.19. The van der Waals surface area contributed by atoms with E-state index in [4.69, 9.17) is 14.2 Å². The molecule has 8 heteroatoms. The number of aliphatic hydroxyl groups is 2. The van der Waals surface area contributed by atoms with Gasteiger partial charge >= 0.3 is 5.97 Å². The molecule has 0 fully saturated rings. The Morgan fingerprint density at radius 3 is 2.46 bits per heavy atom. The molecule has 0 aromatic heterocycles. The second-order valence-electron chi connectivity index (χ2n) is 6.64. The number of phenols is 1. The molecule has 1 aliphatic rings. The number of Topliss-reactive ketones (excluding diaryl/α,β-unsaturated/α-hetero) is 1. The van der Waals surface area contributed by atoms with Crippen LogP contribution in [0.1, 0.15) is 48.5 Å². The van der Waals surface area contributed by atoms with Gasteiger partial charge in [-0.3, -0.25) is 4.79 Å². The van der Waals surface area contributed by atoms with Gasteiger partial charge in [-0.15, -0.1) is 0 Å². The summed E-state index contributed by atoms with van der Waals surface area (Å²) in [6.45, 7) is 1.68. The van der Waals surface area contributed by atoms with Gasteiger partial charge in [0.05, 0.1) is 20.3 Å². The van der Waals surface area contributed by atoms with E-state index >= 15 is 0 Å². The van der Waals surface area contributed by atoms with Gasteiger partial charge in [0.15, 0.2) is 17.3 Å². The second-order valence-corrected chi connectivity index (χ2v) is 6.64. The standard InChI is InChI=1S/C20H26O8/c1-11-6-4-8-13(21)18(24)14(22)9-5-7-12-17(20(25)28-11)15(23)10-16(26-2)19(12)27-3/h5,7,10-11,13-14,21-23H,4,6,8-9H2,1-3H3/t11-,13-,14+/m0/s1. The molecule has 28 heavy (non-hydrogen) atoms. The zero-order chi connectivity index (χ0) is 20.8. The van der Waals surface area contributed by atoms with E-state index in [1.165, 1.54) is 32.4 Å². The van der Waals surface area contributed by atoms with Crippen molar-refractivity contribution in [1.29, 1.82) is 0 Å². The molecular formula is C20H26O8. The molecule has 1 aromatic carbocycles. The Morgan fingerprint density at radius 2 is 1.82 bits per heavy atom. The Hall–Kier alpha value is -2.58. The molecule has 0 saturated carbocycles. The fraction of sp³-hybridized carbons (Fsp3) is 0.500. The molecule has 3 N–H and O–H groups in total. The van der Waals surface area contributed by atoms with Gasteiger partial charge in [0, 0.05) is 11.6 Å². The van der Waals surface area contributed by atoms with Crippen molar-refractivity contribution in [3.63, 3.8) is 0 Å². The molecule has 3 atom stereocenters. The highest BCUT2D eigenvalue weighted by Gasteiger charge is 2.27. The van der Waals surface area contributed by atoms with Crippen LogP contribution in [0.4, 0.5) is 0 Å². The maximum absolute atomic E-state index is 12.7. The normalized spacial score (nSPS) is 24.1.